The van der Waals surface area contributed by atoms with E-state index < -0.39 is 156 Å². The van der Waals surface area contributed by atoms with Gasteiger partial charge in [0.2, 0.25) is 0 Å². The second-order valence-corrected chi connectivity index (χ2v) is 20.6. The van der Waals surface area contributed by atoms with E-state index in [4.69, 9.17) is 0 Å². The summed E-state index contributed by atoms with van der Waals surface area (Å²) in [6, 6.07) is 0. The van der Waals surface area contributed by atoms with Crippen LogP contribution in [0.1, 0.15) is 101 Å². The van der Waals surface area contributed by atoms with Crippen molar-refractivity contribution in [3.8, 4) is 0 Å². The van der Waals surface area contributed by atoms with Crippen LogP contribution in [-0.2, 0) is 14.4 Å². The molecule has 0 amide bonds. The van der Waals surface area contributed by atoms with Gasteiger partial charge in [-0.1, -0.05) is 62.3 Å². The number of Topliss-reactive ketones (excluding diaryl/α,β-unsaturated/α-hetero) is 3. The number of alkyl halides is 21. The predicted molar refractivity (Wildman–Crippen MR) is 196 cm³/mol. The van der Waals surface area contributed by atoms with Gasteiger partial charge >= 0.3 is 54.1 Å². The Labute approximate surface area is 416 Å². The van der Waals surface area contributed by atoms with Crippen LogP contribution in [0.3, 0.4) is 0 Å². The molecule has 0 aliphatic heterocycles. The van der Waals surface area contributed by atoms with Gasteiger partial charge in [0.1, 0.15) is 0 Å². The second kappa shape index (κ2) is 17.0. The second-order valence-electron chi connectivity index (χ2n) is 20.6. The third-order valence-corrected chi connectivity index (χ3v) is 16.9. The maximum absolute atomic E-state index is 13.7. The minimum atomic E-state index is -6.56. The molecule has 6 fully saturated rings. The quantitative estimate of drug-likeness (QED) is 0.139. The smallest absolute Gasteiger partial charge is 0.460 e. The number of carbonyl (C=O) groups is 3. The first-order valence-corrected chi connectivity index (χ1v) is 20.5. The SMILES string of the molecule is CC1(C)[C@@H]2CC[C@@]1(C)C(=O)/C2=C(\O)C(F)(F)C(F)(F)C(F)(F)F.CC1(C)[C@@H]2CC[C@@]1(C)C(=O)/C2=C(\O)C(F)(F)C(F)(F)C(F)(F)F.CC1(C)[C@@H]2CC[C@@]1(C)C(=O)/C2=C(\O)C(F)(F)C(F)(F)C(F)(F)F.[Gd]. The summed E-state index contributed by atoms with van der Waals surface area (Å²) in [5.41, 5.74) is -9.29. The van der Waals surface area contributed by atoms with Crippen molar-refractivity contribution in [3.63, 3.8) is 0 Å². The van der Waals surface area contributed by atoms with Crippen molar-refractivity contribution in [3.05, 3.63) is 34.0 Å². The van der Waals surface area contributed by atoms with E-state index in [0.29, 0.717) is 19.3 Å². The number of hydrogen-bond acceptors (Lipinski definition) is 6. The first-order chi connectivity index (χ1) is 30.1. The van der Waals surface area contributed by atoms with Crippen LogP contribution in [0.15, 0.2) is 34.0 Å². The number of aliphatic hydroxyl groups excluding tert-OH is 3. The molecule has 0 heterocycles. The van der Waals surface area contributed by atoms with Crippen molar-refractivity contribution < 1.29 is 162 Å². The predicted octanol–water partition coefficient (Wildman–Crippen LogP) is 14.0. The van der Waals surface area contributed by atoms with Crippen molar-refractivity contribution >= 4 is 17.3 Å². The summed E-state index contributed by atoms with van der Waals surface area (Å²) in [5, 5.41) is 28.6. The van der Waals surface area contributed by atoms with E-state index >= 15 is 0 Å². The summed E-state index contributed by atoms with van der Waals surface area (Å²) in [6.07, 6.45) is -18.3. The number of allylic oxidation sites excluding steroid dienone is 6. The van der Waals surface area contributed by atoms with Crippen LogP contribution in [-0.4, -0.2) is 86.7 Å². The molecule has 3 N–H and O–H groups in total. The molecule has 6 saturated carbocycles. The molecule has 6 bridgehead atoms. The molecule has 0 radical (unpaired) electrons. The number of ketones is 3. The fourth-order valence-corrected chi connectivity index (χ4v) is 10.9. The Balaban J connectivity index is 0.000000276. The van der Waals surface area contributed by atoms with Crippen molar-refractivity contribution in [2.24, 2.45) is 50.2 Å². The Morgan fingerprint density at radius 2 is 0.529 bits per heavy atom. The molecule has 6 rings (SSSR count). The first kappa shape index (κ1) is 61.8. The standard InChI is InChI=1S/3C14H15F7O2.Gd/c3*1-10(2)6-4-5-11(10,3)8(22)7(6)9(23)12(15,16)13(17,18)14(19,20)21;/h3*6,23H,4-5H2,1-3H3;/b3*9-7-;/t3*6-,11+;/m111./s1. The molecule has 0 aromatic rings. The number of hydrogen-bond donors (Lipinski definition) is 3. The van der Waals surface area contributed by atoms with Gasteiger partial charge in [-0.3, -0.25) is 14.4 Å². The van der Waals surface area contributed by atoms with Gasteiger partial charge in [0, 0.05) is 72.9 Å². The molecule has 6 nitrogen and oxygen atoms in total. The molecule has 70 heavy (non-hydrogen) atoms. The maximum atomic E-state index is 13.7. The van der Waals surface area contributed by atoms with E-state index in [0.717, 1.165) is 0 Å². The topological polar surface area (TPSA) is 112 Å². The fraction of sp³-hybridized carbons (Fsp3) is 0.786. The summed E-state index contributed by atoms with van der Waals surface area (Å²) in [4.78, 5) is 36.9. The molecular formula is C42H45F21GdO6. The van der Waals surface area contributed by atoms with Crippen molar-refractivity contribution in [1.82, 2.24) is 0 Å². The Bertz CT molecular complexity index is 2020. The zero-order valence-corrected chi connectivity index (χ0v) is 40.1. The van der Waals surface area contributed by atoms with E-state index in [-0.39, 0.29) is 59.2 Å². The Morgan fingerprint density at radius 1 is 0.371 bits per heavy atom. The molecule has 28 heteroatoms. The Kier molecular flexibility index (Phi) is 15.0. The molecule has 6 aliphatic carbocycles. The molecular weight excluding hydrogens is 1160 g/mol. The summed E-state index contributed by atoms with van der Waals surface area (Å²) < 4.78 is 271. The van der Waals surface area contributed by atoms with Gasteiger partial charge in [-0.05, 0) is 72.5 Å². The van der Waals surface area contributed by atoms with Crippen molar-refractivity contribution in [2.45, 2.75) is 155 Å². The van der Waals surface area contributed by atoms with Crippen LogP contribution in [0.4, 0.5) is 92.2 Å². The molecule has 0 unspecified atom stereocenters. The minimum absolute atomic E-state index is 0. The summed E-state index contributed by atoms with van der Waals surface area (Å²) in [5.74, 6) is -50.5. The Hall–Kier alpha value is -2.52. The zero-order chi connectivity index (χ0) is 54.7. The first-order valence-electron chi connectivity index (χ1n) is 20.5. The summed E-state index contributed by atoms with van der Waals surface area (Å²) in [7, 11) is 0. The fourth-order valence-electron chi connectivity index (χ4n) is 10.9. The summed E-state index contributed by atoms with van der Waals surface area (Å²) >= 11 is 0. The molecule has 6 aliphatic rings. The van der Waals surface area contributed by atoms with Crippen molar-refractivity contribution in [2.75, 3.05) is 0 Å². The van der Waals surface area contributed by atoms with Crippen LogP contribution >= 0.6 is 0 Å². The number of aliphatic hydroxyl groups is 3. The monoisotopic (exact) mass is 1200 g/mol. The maximum Gasteiger partial charge on any atom is 0.460 e. The van der Waals surface area contributed by atoms with Gasteiger partial charge in [-0.2, -0.15) is 92.2 Å². The van der Waals surface area contributed by atoms with E-state index in [1.165, 1.54) is 20.8 Å². The van der Waals surface area contributed by atoms with Gasteiger partial charge in [0.05, 0.1) is 0 Å². The Morgan fingerprint density at radius 3 is 0.643 bits per heavy atom. The van der Waals surface area contributed by atoms with E-state index in [1.807, 2.05) is 0 Å². The van der Waals surface area contributed by atoms with E-state index in [2.05, 4.69) is 0 Å². The normalized spacial score (nSPS) is 32.8. The molecule has 0 saturated heterocycles. The largest absolute Gasteiger partial charge is 0.506 e. The third kappa shape index (κ3) is 7.83. The van der Waals surface area contributed by atoms with Gasteiger partial charge in [0.15, 0.2) is 34.6 Å². The minimum Gasteiger partial charge on any atom is -0.506 e. The zero-order valence-electron chi connectivity index (χ0n) is 37.8. The van der Waals surface area contributed by atoms with Gasteiger partial charge in [-0.15, -0.1) is 0 Å². The van der Waals surface area contributed by atoms with Crippen LogP contribution in [0, 0.1) is 90.2 Å². The number of carbonyl (C=O) groups excluding carboxylic acids is 3. The van der Waals surface area contributed by atoms with Crippen LogP contribution in [0.25, 0.3) is 0 Å². The van der Waals surface area contributed by atoms with Gasteiger partial charge < -0.3 is 15.3 Å². The molecule has 404 valence electrons. The van der Waals surface area contributed by atoms with Gasteiger partial charge in [0.25, 0.3) is 0 Å². The third-order valence-electron chi connectivity index (χ3n) is 16.9. The average Bonchev–Trinajstić information content (AvgIpc) is 3.79. The van der Waals surface area contributed by atoms with Crippen LogP contribution in [0.5, 0.6) is 0 Å². The van der Waals surface area contributed by atoms with E-state index in [9.17, 15) is 122 Å². The number of rotatable bonds is 6. The molecule has 0 aromatic heterocycles. The van der Waals surface area contributed by atoms with Crippen LogP contribution in [0.2, 0.25) is 0 Å². The average molecular weight is 1200 g/mol. The molecule has 0 aromatic carbocycles. The summed E-state index contributed by atoms with van der Waals surface area (Å²) in [6.45, 7) is 13.6. The van der Waals surface area contributed by atoms with Crippen LogP contribution < -0.4 is 0 Å². The van der Waals surface area contributed by atoms with Gasteiger partial charge in [-0.25, -0.2) is 0 Å². The molecule has 6 atom stereocenters. The number of fused-ring (bicyclic) bond motifs is 6. The van der Waals surface area contributed by atoms with Crippen molar-refractivity contribution in [1.29, 1.82) is 0 Å². The molecule has 0 spiro atoms. The number of halogens is 21. The van der Waals surface area contributed by atoms with E-state index in [1.54, 1.807) is 41.5 Å².